The molecule has 0 radical (unpaired) electrons. The molecule has 88 valence electrons. The lowest BCUT2D eigenvalue weighted by molar-refractivity contribution is -0.138. The maximum absolute atomic E-state index is 12.6. The molecule has 1 rings (SSSR count). The Labute approximate surface area is 93.8 Å². The van der Waals surface area contributed by atoms with E-state index in [1.54, 1.807) is 6.07 Å². The number of rotatable bonds is 3. The van der Waals surface area contributed by atoms with Crippen molar-refractivity contribution in [1.82, 2.24) is 0 Å². The first-order valence-corrected chi connectivity index (χ1v) is 5.18. The maximum atomic E-state index is 12.6. The van der Waals surface area contributed by atoms with E-state index in [2.05, 4.69) is 6.58 Å². The van der Waals surface area contributed by atoms with E-state index in [1.807, 2.05) is 6.92 Å². The minimum atomic E-state index is -4.27. The topological polar surface area (TPSA) is 0 Å². The summed E-state index contributed by atoms with van der Waals surface area (Å²) >= 11 is 0. The predicted molar refractivity (Wildman–Crippen MR) is 59.3 cm³/mol. The molecule has 0 amide bonds. The highest BCUT2D eigenvalue weighted by Gasteiger charge is 2.32. The molecule has 16 heavy (non-hydrogen) atoms. The van der Waals surface area contributed by atoms with E-state index in [0.29, 0.717) is 12.0 Å². The van der Waals surface area contributed by atoms with Gasteiger partial charge in [0.1, 0.15) is 0 Å². The Morgan fingerprint density at radius 1 is 1.31 bits per heavy atom. The second kappa shape index (κ2) is 4.73. The van der Waals surface area contributed by atoms with Crippen molar-refractivity contribution in [3.8, 4) is 0 Å². The second-order valence-electron chi connectivity index (χ2n) is 3.93. The van der Waals surface area contributed by atoms with Crippen LogP contribution in [0.5, 0.6) is 0 Å². The van der Waals surface area contributed by atoms with Gasteiger partial charge >= 0.3 is 6.18 Å². The van der Waals surface area contributed by atoms with Crippen LogP contribution in [0.2, 0.25) is 0 Å². The van der Waals surface area contributed by atoms with Gasteiger partial charge in [-0.2, -0.15) is 13.2 Å². The van der Waals surface area contributed by atoms with Gasteiger partial charge in [-0.05, 0) is 37.0 Å². The molecule has 0 heterocycles. The zero-order valence-corrected chi connectivity index (χ0v) is 9.49. The fraction of sp³-hybridized carbons (Fsp3) is 0.385. The fourth-order valence-electron chi connectivity index (χ4n) is 1.50. The summed E-state index contributed by atoms with van der Waals surface area (Å²) in [4.78, 5) is 0. The van der Waals surface area contributed by atoms with Crippen molar-refractivity contribution in [2.24, 2.45) is 0 Å². The predicted octanol–water partition coefficient (Wildman–Crippen LogP) is 4.52. The first kappa shape index (κ1) is 12.8. The smallest absolute Gasteiger partial charge is 0.166 e. The first-order chi connectivity index (χ1) is 7.34. The molecule has 0 aliphatic carbocycles. The van der Waals surface area contributed by atoms with Gasteiger partial charge in [0.25, 0.3) is 0 Å². The van der Waals surface area contributed by atoms with Gasteiger partial charge in [0.05, 0.1) is 5.56 Å². The van der Waals surface area contributed by atoms with Gasteiger partial charge in [0.2, 0.25) is 0 Å². The van der Waals surface area contributed by atoms with Gasteiger partial charge in [-0.15, -0.1) is 0 Å². The number of alkyl halides is 3. The van der Waals surface area contributed by atoms with Crippen molar-refractivity contribution >= 4 is 0 Å². The SMILES string of the molecule is C=C(CC)Cc1ccc(C)c(C(F)(F)F)c1. The molecule has 0 nitrogen and oxygen atoms in total. The van der Waals surface area contributed by atoms with Gasteiger partial charge in [-0.25, -0.2) is 0 Å². The van der Waals surface area contributed by atoms with E-state index < -0.39 is 11.7 Å². The lowest BCUT2D eigenvalue weighted by Gasteiger charge is -2.12. The Morgan fingerprint density at radius 3 is 2.44 bits per heavy atom. The lowest BCUT2D eigenvalue weighted by Crippen LogP contribution is -2.08. The van der Waals surface area contributed by atoms with Crippen LogP contribution in [0.1, 0.15) is 30.0 Å². The molecule has 0 aliphatic rings. The Bertz CT molecular complexity index is 389. The molecule has 0 atom stereocenters. The normalized spacial score (nSPS) is 11.6. The summed E-state index contributed by atoms with van der Waals surface area (Å²) < 4.78 is 37.9. The molecular weight excluding hydrogens is 213 g/mol. The first-order valence-electron chi connectivity index (χ1n) is 5.18. The molecular formula is C13H15F3. The summed E-state index contributed by atoms with van der Waals surface area (Å²) in [6, 6.07) is 4.46. The van der Waals surface area contributed by atoms with Gasteiger partial charge in [0.15, 0.2) is 0 Å². The van der Waals surface area contributed by atoms with Gasteiger partial charge in [-0.3, -0.25) is 0 Å². The van der Waals surface area contributed by atoms with Gasteiger partial charge in [-0.1, -0.05) is 31.2 Å². The Balaban J connectivity index is 3.03. The second-order valence-corrected chi connectivity index (χ2v) is 3.93. The van der Waals surface area contributed by atoms with Crippen LogP contribution in [-0.4, -0.2) is 0 Å². The van der Waals surface area contributed by atoms with Gasteiger partial charge < -0.3 is 0 Å². The highest BCUT2D eigenvalue weighted by atomic mass is 19.4. The molecule has 0 spiro atoms. The third kappa shape index (κ3) is 3.12. The Morgan fingerprint density at radius 2 is 1.94 bits per heavy atom. The summed E-state index contributed by atoms with van der Waals surface area (Å²) in [6.07, 6.45) is -2.97. The van der Waals surface area contributed by atoms with Crippen LogP contribution in [-0.2, 0) is 12.6 Å². The third-order valence-corrected chi connectivity index (χ3v) is 2.56. The molecule has 0 unspecified atom stereocenters. The van der Waals surface area contributed by atoms with Crippen molar-refractivity contribution < 1.29 is 13.2 Å². The number of aryl methyl sites for hydroxylation is 1. The molecule has 0 aromatic heterocycles. The summed E-state index contributed by atoms with van der Waals surface area (Å²) in [5.41, 5.74) is 1.33. The Hall–Kier alpha value is -1.25. The van der Waals surface area contributed by atoms with Crippen LogP contribution in [0.3, 0.4) is 0 Å². The summed E-state index contributed by atoms with van der Waals surface area (Å²) in [7, 11) is 0. The molecule has 0 saturated carbocycles. The minimum Gasteiger partial charge on any atom is -0.166 e. The molecule has 0 saturated heterocycles. The number of hydrogen-bond acceptors (Lipinski definition) is 0. The van der Waals surface area contributed by atoms with Gasteiger partial charge in [0, 0.05) is 0 Å². The van der Waals surface area contributed by atoms with Crippen LogP contribution in [0.4, 0.5) is 13.2 Å². The van der Waals surface area contributed by atoms with Crippen LogP contribution in [0.15, 0.2) is 30.4 Å². The molecule has 1 aromatic carbocycles. The monoisotopic (exact) mass is 228 g/mol. The van der Waals surface area contributed by atoms with E-state index in [9.17, 15) is 13.2 Å². The van der Waals surface area contributed by atoms with Crippen LogP contribution >= 0.6 is 0 Å². The molecule has 1 aromatic rings. The minimum absolute atomic E-state index is 0.262. The summed E-state index contributed by atoms with van der Waals surface area (Å²) in [5, 5.41) is 0. The quantitative estimate of drug-likeness (QED) is 0.667. The average molecular weight is 228 g/mol. The van der Waals surface area contributed by atoms with Crippen molar-refractivity contribution in [3.05, 3.63) is 47.0 Å². The van der Waals surface area contributed by atoms with E-state index in [-0.39, 0.29) is 5.56 Å². The largest absolute Gasteiger partial charge is 0.416 e. The molecule has 3 heteroatoms. The van der Waals surface area contributed by atoms with E-state index >= 15 is 0 Å². The van der Waals surface area contributed by atoms with E-state index in [1.165, 1.54) is 19.1 Å². The number of halogens is 3. The fourth-order valence-corrected chi connectivity index (χ4v) is 1.50. The zero-order valence-electron chi connectivity index (χ0n) is 9.49. The molecule has 0 bridgehead atoms. The van der Waals surface area contributed by atoms with Crippen LogP contribution < -0.4 is 0 Å². The third-order valence-electron chi connectivity index (χ3n) is 2.56. The van der Waals surface area contributed by atoms with E-state index in [4.69, 9.17) is 0 Å². The van der Waals surface area contributed by atoms with Crippen molar-refractivity contribution in [2.75, 3.05) is 0 Å². The summed E-state index contributed by atoms with van der Waals surface area (Å²) in [5.74, 6) is 0. The standard InChI is InChI=1S/C13H15F3/c1-4-9(2)7-11-6-5-10(3)12(8-11)13(14,15)16/h5-6,8H,2,4,7H2,1,3H3. The number of hydrogen-bond donors (Lipinski definition) is 0. The van der Waals surface area contributed by atoms with Crippen molar-refractivity contribution in [3.63, 3.8) is 0 Å². The van der Waals surface area contributed by atoms with Crippen molar-refractivity contribution in [1.29, 1.82) is 0 Å². The average Bonchev–Trinajstić information content (AvgIpc) is 2.19. The molecule has 0 aliphatic heterocycles. The highest BCUT2D eigenvalue weighted by molar-refractivity contribution is 5.34. The van der Waals surface area contributed by atoms with E-state index in [0.717, 1.165) is 12.0 Å². The van der Waals surface area contributed by atoms with Crippen LogP contribution in [0, 0.1) is 6.92 Å². The lowest BCUT2D eigenvalue weighted by atomic mass is 9.99. The molecule has 0 N–H and O–H groups in total. The molecule has 0 fully saturated rings. The maximum Gasteiger partial charge on any atom is 0.416 e. The Kier molecular flexibility index (Phi) is 3.79. The van der Waals surface area contributed by atoms with Crippen LogP contribution in [0.25, 0.3) is 0 Å². The highest BCUT2D eigenvalue weighted by Crippen LogP contribution is 2.32. The zero-order chi connectivity index (χ0) is 12.3. The van der Waals surface area contributed by atoms with Crippen molar-refractivity contribution in [2.45, 2.75) is 32.9 Å². The number of allylic oxidation sites excluding steroid dienone is 1. The summed E-state index contributed by atoms with van der Waals surface area (Å²) in [6.45, 7) is 7.22. The number of benzene rings is 1.